The van der Waals surface area contributed by atoms with Crippen LogP contribution in [-0.4, -0.2) is 37.2 Å². The second-order valence-electron chi connectivity index (χ2n) is 6.65. The quantitative estimate of drug-likeness (QED) is 0.693. The highest BCUT2D eigenvalue weighted by Crippen LogP contribution is 2.22. The summed E-state index contributed by atoms with van der Waals surface area (Å²) in [7, 11) is 1.75. The number of fused-ring (bicyclic) bond motifs is 1. The summed E-state index contributed by atoms with van der Waals surface area (Å²) in [6.45, 7) is 2.25. The number of aromatic nitrogens is 5. The molecule has 0 bridgehead atoms. The highest BCUT2D eigenvalue weighted by atomic mass is 16.1. The number of piperidine rings is 1. The van der Waals surface area contributed by atoms with Crippen molar-refractivity contribution in [3.63, 3.8) is 0 Å². The first-order valence-corrected chi connectivity index (χ1v) is 8.70. The minimum atomic E-state index is -0.0814. The molecule has 0 atom stereocenters. The number of rotatable bonds is 3. The number of pyridine rings is 1. The Hall–Kier alpha value is -3.03. The maximum absolute atomic E-state index is 12.5. The van der Waals surface area contributed by atoms with Crippen molar-refractivity contribution in [2.45, 2.75) is 19.4 Å². The van der Waals surface area contributed by atoms with Crippen LogP contribution in [-0.2, 0) is 13.6 Å². The smallest absolute Gasteiger partial charge is 0.264 e. The van der Waals surface area contributed by atoms with E-state index in [0.717, 1.165) is 25.9 Å². The van der Waals surface area contributed by atoms with E-state index in [-0.39, 0.29) is 11.1 Å². The molecule has 0 aliphatic carbocycles. The number of hydrogen-bond donors (Lipinski definition) is 0. The third kappa shape index (κ3) is 2.98. The van der Waals surface area contributed by atoms with Gasteiger partial charge in [-0.05, 0) is 30.9 Å². The maximum atomic E-state index is 12.5. The van der Waals surface area contributed by atoms with Crippen molar-refractivity contribution in [3.05, 3.63) is 57.6 Å². The van der Waals surface area contributed by atoms with Gasteiger partial charge in [-0.2, -0.15) is 4.98 Å². The predicted octanol–water partition coefficient (Wildman–Crippen LogP) is 0.802. The van der Waals surface area contributed by atoms with Crippen LogP contribution < -0.4 is 16.0 Å². The van der Waals surface area contributed by atoms with Crippen molar-refractivity contribution >= 4 is 17.0 Å². The van der Waals surface area contributed by atoms with E-state index in [1.165, 1.54) is 12.3 Å². The molecule has 8 heteroatoms. The summed E-state index contributed by atoms with van der Waals surface area (Å²) in [6, 6.07) is 4.98. The molecule has 0 radical (unpaired) electrons. The van der Waals surface area contributed by atoms with Crippen LogP contribution in [0.4, 0.5) is 5.95 Å². The molecule has 3 aromatic heterocycles. The molecule has 26 heavy (non-hydrogen) atoms. The lowest BCUT2D eigenvalue weighted by Crippen LogP contribution is -2.39. The summed E-state index contributed by atoms with van der Waals surface area (Å²) in [5.41, 5.74) is 0.379. The first-order chi connectivity index (χ1) is 12.6. The van der Waals surface area contributed by atoms with Crippen molar-refractivity contribution in [1.82, 2.24) is 24.1 Å². The molecule has 0 unspecified atom stereocenters. The lowest BCUT2D eigenvalue weighted by atomic mass is 9.97. The predicted molar refractivity (Wildman–Crippen MR) is 98.2 cm³/mol. The molecule has 0 N–H and O–H groups in total. The van der Waals surface area contributed by atoms with Gasteiger partial charge in [-0.25, -0.2) is 9.97 Å². The Bertz CT molecular complexity index is 1050. The number of anilines is 1. The standard InChI is InChI=1S/C18H20N6O2/c1-22-17(26)14-3-2-7-20-16(14)21-18(22)23-9-5-13(6-10-23)11-24-12-19-8-4-15(24)25/h2-4,7-8,12-13H,5-6,9-11H2,1H3. The van der Waals surface area contributed by atoms with Crippen LogP contribution in [0.1, 0.15) is 12.8 Å². The van der Waals surface area contributed by atoms with Crippen LogP contribution in [0, 0.1) is 5.92 Å². The fourth-order valence-electron chi connectivity index (χ4n) is 3.49. The summed E-state index contributed by atoms with van der Waals surface area (Å²) >= 11 is 0. The zero-order valence-corrected chi connectivity index (χ0v) is 14.6. The van der Waals surface area contributed by atoms with Gasteiger partial charge in [0.05, 0.1) is 11.7 Å². The summed E-state index contributed by atoms with van der Waals surface area (Å²) in [6.07, 6.45) is 6.61. The fraction of sp³-hybridized carbons (Fsp3) is 0.389. The topological polar surface area (TPSA) is 85.9 Å². The monoisotopic (exact) mass is 352 g/mol. The van der Waals surface area contributed by atoms with Crippen molar-refractivity contribution in [1.29, 1.82) is 0 Å². The zero-order valence-electron chi connectivity index (χ0n) is 14.6. The Morgan fingerprint density at radius 1 is 1.15 bits per heavy atom. The van der Waals surface area contributed by atoms with Crippen molar-refractivity contribution in [2.75, 3.05) is 18.0 Å². The van der Waals surface area contributed by atoms with Gasteiger partial charge in [0, 0.05) is 45.1 Å². The molecule has 3 aromatic rings. The van der Waals surface area contributed by atoms with Crippen LogP contribution >= 0.6 is 0 Å². The molecule has 1 saturated heterocycles. The molecule has 134 valence electrons. The zero-order chi connectivity index (χ0) is 18.1. The molecule has 0 amide bonds. The van der Waals surface area contributed by atoms with E-state index in [1.54, 1.807) is 40.8 Å². The van der Waals surface area contributed by atoms with E-state index in [0.29, 0.717) is 29.4 Å². The Labute approximate surface area is 149 Å². The third-order valence-corrected chi connectivity index (χ3v) is 4.97. The normalized spacial score (nSPS) is 15.5. The third-order valence-electron chi connectivity index (χ3n) is 4.97. The minimum absolute atomic E-state index is 0.0212. The van der Waals surface area contributed by atoms with Crippen molar-refractivity contribution in [3.8, 4) is 0 Å². The van der Waals surface area contributed by atoms with Crippen LogP contribution in [0.2, 0.25) is 0 Å². The lowest BCUT2D eigenvalue weighted by Gasteiger charge is -2.33. The number of hydrogen-bond acceptors (Lipinski definition) is 6. The average Bonchev–Trinajstić information content (AvgIpc) is 2.67. The van der Waals surface area contributed by atoms with Gasteiger partial charge in [0.2, 0.25) is 5.95 Å². The summed E-state index contributed by atoms with van der Waals surface area (Å²) in [5.74, 6) is 1.06. The highest BCUT2D eigenvalue weighted by Gasteiger charge is 2.23. The second-order valence-corrected chi connectivity index (χ2v) is 6.65. The Kier molecular flexibility index (Phi) is 4.24. The van der Waals surface area contributed by atoms with Gasteiger partial charge in [-0.3, -0.25) is 18.7 Å². The van der Waals surface area contributed by atoms with E-state index in [2.05, 4.69) is 19.9 Å². The van der Waals surface area contributed by atoms with Gasteiger partial charge in [-0.1, -0.05) is 0 Å². The highest BCUT2D eigenvalue weighted by molar-refractivity contribution is 5.74. The Morgan fingerprint density at radius 2 is 1.96 bits per heavy atom. The summed E-state index contributed by atoms with van der Waals surface area (Å²) < 4.78 is 3.25. The Balaban J connectivity index is 1.52. The fourth-order valence-corrected chi connectivity index (χ4v) is 3.49. The SMILES string of the molecule is Cn1c(N2CCC(Cn3cnccc3=O)CC2)nc2ncccc2c1=O. The molecular formula is C18H20N6O2. The van der Waals surface area contributed by atoms with Gasteiger partial charge in [0.25, 0.3) is 11.1 Å². The van der Waals surface area contributed by atoms with Gasteiger partial charge >= 0.3 is 0 Å². The van der Waals surface area contributed by atoms with E-state index >= 15 is 0 Å². The Morgan fingerprint density at radius 3 is 2.73 bits per heavy atom. The van der Waals surface area contributed by atoms with Gasteiger partial charge in [-0.15, -0.1) is 0 Å². The summed E-state index contributed by atoms with van der Waals surface area (Å²) in [5, 5.41) is 0.532. The first-order valence-electron chi connectivity index (χ1n) is 8.70. The average molecular weight is 352 g/mol. The molecular weight excluding hydrogens is 332 g/mol. The van der Waals surface area contributed by atoms with E-state index < -0.39 is 0 Å². The molecule has 8 nitrogen and oxygen atoms in total. The molecule has 0 saturated carbocycles. The molecule has 4 rings (SSSR count). The van der Waals surface area contributed by atoms with Gasteiger partial charge < -0.3 is 4.90 Å². The molecule has 1 aliphatic heterocycles. The lowest BCUT2D eigenvalue weighted by molar-refractivity contribution is 0.348. The van der Waals surface area contributed by atoms with Crippen LogP contribution in [0.25, 0.3) is 11.0 Å². The van der Waals surface area contributed by atoms with E-state index in [1.807, 2.05) is 0 Å². The molecule has 1 aliphatic rings. The number of nitrogens with zero attached hydrogens (tertiary/aromatic N) is 6. The molecule has 1 fully saturated rings. The van der Waals surface area contributed by atoms with E-state index in [9.17, 15) is 9.59 Å². The molecule has 0 spiro atoms. The van der Waals surface area contributed by atoms with Crippen LogP contribution in [0.3, 0.4) is 0 Å². The van der Waals surface area contributed by atoms with Crippen LogP contribution in [0.5, 0.6) is 0 Å². The molecule has 0 aromatic carbocycles. The summed E-state index contributed by atoms with van der Waals surface area (Å²) in [4.78, 5) is 39.4. The van der Waals surface area contributed by atoms with Crippen LogP contribution in [0.15, 0.2) is 46.5 Å². The van der Waals surface area contributed by atoms with Gasteiger partial charge in [0.1, 0.15) is 0 Å². The van der Waals surface area contributed by atoms with Crippen molar-refractivity contribution < 1.29 is 0 Å². The second kappa shape index (κ2) is 6.70. The van der Waals surface area contributed by atoms with Crippen molar-refractivity contribution in [2.24, 2.45) is 13.0 Å². The first kappa shape index (κ1) is 16.4. The molecule has 4 heterocycles. The van der Waals surface area contributed by atoms with E-state index in [4.69, 9.17) is 0 Å². The minimum Gasteiger partial charge on any atom is -0.342 e. The largest absolute Gasteiger partial charge is 0.342 e. The maximum Gasteiger partial charge on any atom is 0.264 e. The van der Waals surface area contributed by atoms with Gasteiger partial charge in [0.15, 0.2) is 5.65 Å².